The third-order valence-electron chi connectivity index (χ3n) is 4.99. The summed E-state index contributed by atoms with van der Waals surface area (Å²) in [5.41, 5.74) is 1.57. The maximum atomic E-state index is 12.7. The monoisotopic (exact) mass is 415 g/mol. The van der Waals surface area contributed by atoms with Gasteiger partial charge in [-0.2, -0.15) is 0 Å². The zero-order chi connectivity index (χ0) is 21.5. The van der Waals surface area contributed by atoms with Crippen LogP contribution in [0.1, 0.15) is 15.9 Å². The first-order chi connectivity index (χ1) is 14.5. The van der Waals surface area contributed by atoms with Crippen molar-refractivity contribution < 1.29 is 19.1 Å². The van der Waals surface area contributed by atoms with E-state index in [4.69, 9.17) is 9.47 Å². The number of nitrogens with zero attached hydrogens (tertiary/aromatic N) is 4. The first kappa shape index (κ1) is 21.6. The highest BCUT2D eigenvalue weighted by Crippen LogP contribution is 2.18. The van der Waals surface area contributed by atoms with E-state index in [1.807, 2.05) is 36.1 Å². The number of benzene rings is 1. The number of methoxy groups -OCH3 is 1. The summed E-state index contributed by atoms with van der Waals surface area (Å²) in [6, 6.07) is 7.61. The molecule has 2 aromatic rings. The molecule has 9 nitrogen and oxygen atoms in total. The normalized spacial score (nSPS) is 14.4. The van der Waals surface area contributed by atoms with Gasteiger partial charge in [-0.15, -0.1) is 5.10 Å². The highest BCUT2D eigenvalue weighted by molar-refractivity contribution is 5.96. The van der Waals surface area contributed by atoms with Crippen LogP contribution in [0.4, 0.5) is 0 Å². The Morgan fingerprint density at radius 1 is 1.20 bits per heavy atom. The number of ether oxygens (including phenoxy) is 2. The predicted molar refractivity (Wildman–Crippen MR) is 112 cm³/mol. The predicted octanol–water partition coefficient (Wildman–Crippen LogP) is 0.690. The molecule has 1 aromatic heterocycles. The number of aromatic nitrogens is 2. The lowest BCUT2D eigenvalue weighted by atomic mass is 10.2. The fourth-order valence-electron chi connectivity index (χ4n) is 3.37. The molecule has 1 aliphatic heterocycles. The Kier molecular flexibility index (Phi) is 7.29. The van der Waals surface area contributed by atoms with Crippen LogP contribution < -0.4 is 14.8 Å². The summed E-state index contributed by atoms with van der Waals surface area (Å²) in [5, 5.41) is 7.02. The van der Waals surface area contributed by atoms with Gasteiger partial charge in [0.05, 0.1) is 7.11 Å². The van der Waals surface area contributed by atoms with Gasteiger partial charge in [0.25, 0.3) is 11.8 Å². The number of piperazine rings is 1. The highest BCUT2D eigenvalue weighted by atomic mass is 16.5. The van der Waals surface area contributed by atoms with E-state index in [1.54, 1.807) is 17.9 Å². The number of carbonyl (C=O) groups excluding carboxylic acids is 2. The molecular formula is C21H29N5O4. The second kappa shape index (κ2) is 10.1. The molecule has 2 heterocycles. The summed E-state index contributed by atoms with van der Waals surface area (Å²) in [5.74, 6) is 0.826. The SMILES string of the molecule is COc1nn(C)cc1C(=O)N1CCN(CCNC(=O)COc2cccc(C)c2)CC1. The van der Waals surface area contributed by atoms with E-state index in [-0.39, 0.29) is 18.4 Å². The number of hydrogen-bond donors (Lipinski definition) is 1. The maximum Gasteiger partial charge on any atom is 0.261 e. The van der Waals surface area contributed by atoms with Crippen molar-refractivity contribution in [2.75, 3.05) is 53.0 Å². The summed E-state index contributed by atoms with van der Waals surface area (Å²) >= 11 is 0. The van der Waals surface area contributed by atoms with Crippen LogP contribution in [0.3, 0.4) is 0 Å². The van der Waals surface area contributed by atoms with Crippen molar-refractivity contribution in [1.29, 1.82) is 0 Å². The molecule has 0 aliphatic carbocycles. The van der Waals surface area contributed by atoms with Crippen molar-refractivity contribution in [2.45, 2.75) is 6.92 Å². The Hall–Kier alpha value is -3.07. The van der Waals surface area contributed by atoms with Gasteiger partial charge < -0.3 is 19.7 Å². The molecule has 0 atom stereocenters. The van der Waals surface area contributed by atoms with Gasteiger partial charge in [0.1, 0.15) is 11.3 Å². The maximum absolute atomic E-state index is 12.7. The van der Waals surface area contributed by atoms with Gasteiger partial charge in [-0.25, -0.2) is 0 Å². The van der Waals surface area contributed by atoms with Crippen molar-refractivity contribution in [3.8, 4) is 11.6 Å². The average Bonchev–Trinajstić information content (AvgIpc) is 3.13. The third-order valence-corrected chi connectivity index (χ3v) is 4.99. The Morgan fingerprint density at radius 3 is 2.67 bits per heavy atom. The van der Waals surface area contributed by atoms with E-state index in [0.717, 1.165) is 25.2 Å². The zero-order valence-electron chi connectivity index (χ0n) is 17.8. The summed E-state index contributed by atoms with van der Waals surface area (Å²) in [6.45, 7) is 6.01. The lowest BCUT2D eigenvalue weighted by Gasteiger charge is -2.34. The van der Waals surface area contributed by atoms with Crippen LogP contribution in [0.5, 0.6) is 11.6 Å². The summed E-state index contributed by atoms with van der Waals surface area (Å²) < 4.78 is 12.3. The van der Waals surface area contributed by atoms with E-state index in [2.05, 4.69) is 15.3 Å². The molecule has 1 fully saturated rings. The van der Waals surface area contributed by atoms with Crippen LogP contribution in [0.25, 0.3) is 0 Å². The highest BCUT2D eigenvalue weighted by Gasteiger charge is 2.26. The van der Waals surface area contributed by atoms with Crippen molar-refractivity contribution >= 4 is 11.8 Å². The molecule has 1 aromatic carbocycles. The molecular weight excluding hydrogens is 386 g/mol. The standard InChI is InChI=1S/C21H29N5O4/c1-16-5-4-6-17(13-16)30-15-19(27)22-7-8-25-9-11-26(12-10-25)21(28)18-14-24(2)23-20(18)29-3/h4-6,13-14H,7-12,15H2,1-3H3,(H,22,27). The largest absolute Gasteiger partial charge is 0.484 e. The number of carbonyl (C=O) groups is 2. The van der Waals surface area contributed by atoms with Gasteiger partial charge in [-0.3, -0.25) is 19.2 Å². The van der Waals surface area contributed by atoms with E-state index >= 15 is 0 Å². The minimum atomic E-state index is -0.144. The van der Waals surface area contributed by atoms with Crippen molar-refractivity contribution in [3.63, 3.8) is 0 Å². The molecule has 2 amide bonds. The van der Waals surface area contributed by atoms with Gasteiger partial charge in [0.15, 0.2) is 6.61 Å². The number of nitrogens with one attached hydrogen (secondary N) is 1. The van der Waals surface area contributed by atoms with Gasteiger partial charge in [0, 0.05) is 52.5 Å². The van der Waals surface area contributed by atoms with E-state index in [0.29, 0.717) is 36.8 Å². The fraction of sp³-hybridized carbons (Fsp3) is 0.476. The quantitative estimate of drug-likeness (QED) is 0.683. The molecule has 1 saturated heterocycles. The second-order valence-electron chi connectivity index (χ2n) is 7.31. The molecule has 0 spiro atoms. The topological polar surface area (TPSA) is 88.9 Å². The number of rotatable bonds is 8. The number of amides is 2. The van der Waals surface area contributed by atoms with Crippen molar-refractivity contribution in [1.82, 2.24) is 24.9 Å². The third kappa shape index (κ3) is 5.73. The lowest BCUT2D eigenvalue weighted by molar-refractivity contribution is -0.123. The van der Waals surface area contributed by atoms with E-state index in [9.17, 15) is 9.59 Å². The minimum Gasteiger partial charge on any atom is -0.484 e. The number of aryl methyl sites for hydroxylation is 2. The van der Waals surface area contributed by atoms with Gasteiger partial charge in [-0.05, 0) is 24.6 Å². The van der Waals surface area contributed by atoms with E-state index < -0.39 is 0 Å². The van der Waals surface area contributed by atoms with Crippen LogP contribution in [0, 0.1) is 6.92 Å². The molecule has 9 heteroatoms. The van der Waals surface area contributed by atoms with Crippen LogP contribution >= 0.6 is 0 Å². The van der Waals surface area contributed by atoms with Crippen LogP contribution in [-0.2, 0) is 11.8 Å². The molecule has 1 aliphatic rings. The summed E-state index contributed by atoms with van der Waals surface area (Å²) in [6.07, 6.45) is 1.68. The average molecular weight is 415 g/mol. The van der Waals surface area contributed by atoms with Crippen LogP contribution in [0.15, 0.2) is 30.5 Å². The van der Waals surface area contributed by atoms with Crippen molar-refractivity contribution in [2.24, 2.45) is 7.05 Å². The molecule has 1 N–H and O–H groups in total. The molecule has 0 unspecified atom stereocenters. The van der Waals surface area contributed by atoms with Crippen LogP contribution in [0.2, 0.25) is 0 Å². The fourth-order valence-corrected chi connectivity index (χ4v) is 3.37. The first-order valence-corrected chi connectivity index (χ1v) is 10.0. The van der Waals surface area contributed by atoms with Crippen molar-refractivity contribution in [3.05, 3.63) is 41.6 Å². The lowest BCUT2D eigenvalue weighted by Crippen LogP contribution is -2.50. The molecule has 30 heavy (non-hydrogen) atoms. The Balaban J connectivity index is 1.35. The zero-order valence-corrected chi connectivity index (χ0v) is 17.8. The summed E-state index contributed by atoms with van der Waals surface area (Å²) in [4.78, 5) is 28.7. The molecule has 0 bridgehead atoms. The molecule has 0 radical (unpaired) electrons. The Morgan fingerprint density at radius 2 is 1.97 bits per heavy atom. The molecule has 162 valence electrons. The minimum absolute atomic E-state index is 0.00131. The van der Waals surface area contributed by atoms with Gasteiger partial charge >= 0.3 is 0 Å². The molecule has 3 rings (SSSR count). The second-order valence-corrected chi connectivity index (χ2v) is 7.31. The molecule has 0 saturated carbocycles. The van der Waals surface area contributed by atoms with Gasteiger partial charge in [-0.1, -0.05) is 12.1 Å². The summed E-state index contributed by atoms with van der Waals surface area (Å²) in [7, 11) is 3.27. The van der Waals surface area contributed by atoms with Gasteiger partial charge in [0.2, 0.25) is 5.88 Å². The smallest absolute Gasteiger partial charge is 0.261 e. The number of hydrogen-bond acceptors (Lipinski definition) is 6. The van der Waals surface area contributed by atoms with Crippen LogP contribution in [-0.4, -0.2) is 84.4 Å². The van der Waals surface area contributed by atoms with E-state index in [1.165, 1.54) is 7.11 Å². The first-order valence-electron chi connectivity index (χ1n) is 10.0. The Bertz CT molecular complexity index is 874. The Labute approximate surface area is 176 Å².